The topological polar surface area (TPSA) is 111 Å². The molecule has 9 nitrogen and oxygen atoms in total. The molecule has 0 heterocycles. The number of aliphatic carboxylic acids is 1. The summed E-state index contributed by atoms with van der Waals surface area (Å²) in [6.07, 6.45) is 94.0. The maximum absolute atomic E-state index is 12.9. The van der Waals surface area contributed by atoms with Gasteiger partial charge >= 0.3 is 11.9 Å². The van der Waals surface area contributed by atoms with Crippen LogP contribution < -0.4 is 5.11 Å². The SMILES string of the molecule is CC/C=C\C/C=C\C/C=C\C/C=C\C/C=C\C/C=C\C/C=C\CCCC(=O)OC(COC(=O)CCCCCCCCCCCCCCCCCCCCCCCCCCCCCCC/C=C\CCCCCCCCCC)COC(OCC[N+](C)(C)C)C(=O)[O-]. The van der Waals surface area contributed by atoms with E-state index in [0.717, 1.165) is 64.2 Å². The van der Waals surface area contributed by atoms with E-state index in [0.29, 0.717) is 23.9 Å². The number of rotatable bonds is 69. The third kappa shape index (κ3) is 71.5. The van der Waals surface area contributed by atoms with Gasteiger partial charge in [-0.3, -0.25) is 9.59 Å². The number of allylic oxidation sites excluding steroid dienone is 16. The number of carboxylic acid groups (broad SMARTS) is 1. The minimum Gasteiger partial charge on any atom is -0.545 e. The molecule has 0 fully saturated rings. The van der Waals surface area contributed by atoms with Crippen LogP contribution in [0.15, 0.2) is 97.2 Å². The van der Waals surface area contributed by atoms with Gasteiger partial charge in [-0.15, -0.1) is 0 Å². The first-order valence-corrected chi connectivity index (χ1v) is 37.4. The number of carbonyl (C=O) groups is 3. The van der Waals surface area contributed by atoms with Crippen LogP contribution in [0.3, 0.4) is 0 Å². The van der Waals surface area contributed by atoms with Crippen LogP contribution >= 0.6 is 0 Å². The van der Waals surface area contributed by atoms with Crippen LogP contribution in [0.25, 0.3) is 0 Å². The zero-order chi connectivity index (χ0) is 64.7. The molecule has 89 heavy (non-hydrogen) atoms. The number of ether oxygens (including phenoxy) is 4. The molecular formula is C80H141NO8. The molecule has 0 amide bonds. The third-order valence-electron chi connectivity index (χ3n) is 16.3. The molecule has 2 atom stereocenters. The van der Waals surface area contributed by atoms with Crippen molar-refractivity contribution in [2.75, 3.05) is 47.5 Å². The number of hydrogen-bond donors (Lipinski definition) is 0. The normalized spacial score (nSPS) is 13.2. The van der Waals surface area contributed by atoms with Crippen molar-refractivity contribution in [1.29, 1.82) is 0 Å². The second kappa shape index (κ2) is 70.1. The van der Waals surface area contributed by atoms with E-state index in [-0.39, 0.29) is 38.6 Å². The molecule has 514 valence electrons. The van der Waals surface area contributed by atoms with Gasteiger partial charge < -0.3 is 33.3 Å². The Hall–Kier alpha value is -3.79. The Balaban J connectivity index is 4.01. The van der Waals surface area contributed by atoms with Gasteiger partial charge in [-0.25, -0.2) is 0 Å². The van der Waals surface area contributed by atoms with Crippen molar-refractivity contribution < 1.29 is 42.9 Å². The molecule has 0 aliphatic heterocycles. The van der Waals surface area contributed by atoms with Gasteiger partial charge in [-0.2, -0.15) is 0 Å². The lowest BCUT2D eigenvalue weighted by molar-refractivity contribution is -0.870. The highest BCUT2D eigenvalue weighted by Gasteiger charge is 2.22. The molecule has 0 saturated carbocycles. The minimum atomic E-state index is -1.64. The molecule has 0 aliphatic rings. The zero-order valence-corrected chi connectivity index (χ0v) is 58.8. The van der Waals surface area contributed by atoms with E-state index in [4.69, 9.17) is 18.9 Å². The average molecular weight is 1250 g/mol. The fraction of sp³-hybridized carbons (Fsp3) is 0.762. The number of esters is 2. The lowest BCUT2D eigenvalue weighted by Crippen LogP contribution is -2.44. The number of likely N-dealkylation sites (N-methyl/N-ethyl adjacent to an activating group) is 1. The summed E-state index contributed by atoms with van der Waals surface area (Å²) in [4.78, 5) is 37.4. The fourth-order valence-corrected chi connectivity index (χ4v) is 10.6. The smallest absolute Gasteiger partial charge is 0.306 e. The lowest BCUT2D eigenvalue weighted by Gasteiger charge is -2.26. The number of unbranched alkanes of at least 4 members (excludes halogenated alkanes) is 38. The van der Waals surface area contributed by atoms with E-state index in [9.17, 15) is 19.5 Å². The minimum absolute atomic E-state index is 0.133. The van der Waals surface area contributed by atoms with Gasteiger partial charge in [-0.05, 0) is 89.9 Å². The summed E-state index contributed by atoms with van der Waals surface area (Å²) >= 11 is 0. The van der Waals surface area contributed by atoms with E-state index in [2.05, 4.69) is 111 Å². The second-order valence-electron chi connectivity index (χ2n) is 26.2. The van der Waals surface area contributed by atoms with Crippen LogP contribution in [-0.4, -0.2) is 82.3 Å². The van der Waals surface area contributed by atoms with Gasteiger partial charge in [0.2, 0.25) is 0 Å². The zero-order valence-electron chi connectivity index (χ0n) is 58.8. The molecule has 0 spiro atoms. The number of hydrogen-bond acceptors (Lipinski definition) is 8. The summed E-state index contributed by atoms with van der Waals surface area (Å²) in [6, 6.07) is 0. The Bertz CT molecular complexity index is 1790. The van der Waals surface area contributed by atoms with E-state index in [1.807, 2.05) is 21.1 Å². The average Bonchev–Trinajstić information content (AvgIpc) is 3.64. The van der Waals surface area contributed by atoms with Crippen molar-refractivity contribution in [2.45, 2.75) is 347 Å². The predicted molar refractivity (Wildman–Crippen MR) is 380 cm³/mol. The lowest BCUT2D eigenvalue weighted by atomic mass is 10.0. The van der Waals surface area contributed by atoms with E-state index < -0.39 is 24.3 Å². The first-order valence-electron chi connectivity index (χ1n) is 37.4. The summed E-state index contributed by atoms with van der Waals surface area (Å²) in [5, 5.41) is 11.8. The molecule has 0 aromatic rings. The van der Waals surface area contributed by atoms with Crippen LogP contribution in [-0.2, 0) is 33.3 Å². The standard InChI is InChI=1S/C80H141NO8/c1-6-8-10-12-14-16-18-20-22-24-26-28-30-31-32-33-34-35-36-37-38-39-40-41-42-43-44-45-46-47-49-50-52-54-56-58-60-62-64-66-68-70-77(82)87-74-76(75-88-80(79(84)85)86-73-72-81(3,4)5)89-78(83)71-69-67-65-63-61-59-57-55-53-51-48-29-27-25-23-21-19-17-15-13-11-9-7-2/h9,11,15,17,21,23-24,26-27,29,51,53,57,59,63,65,76,80H,6-8,10,12-14,16,18-20,22,25,28,30-50,52,54-56,58,60-62,64,66-75H2,1-5H3/b11-9-,17-15-,23-21-,26-24-,29-27-,53-51-,59-57-,65-63-. The molecule has 0 radical (unpaired) electrons. The van der Waals surface area contributed by atoms with Gasteiger partial charge in [0.1, 0.15) is 13.2 Å². The highest BCUT2D eigenvalue weighted by Crippen LogP contribution is 2.18. The van der Waals surface area contributed by atoms with Crippen LogP contribution in [0.4, 0.5) is 0 Å². The Kier molecular flexibility index (Phi) is 67.1. The van der Waals surface area contributed by atoms with E-state index in [1.54, 1.807) is 0 Å². The van der Waals surface area contributed by atoms with Gasteiger partial charge in [-0.1, -0.05) is 329 Å². The first-order chi connectivity index (χ1) is 43.6. The highest BCUT2D eigenvalue weighted by molar-refractivity contribution is 5.70. The number of carbonyl (C=O) groups excluding carboxylic acids is 3. The Morgan fingerprint density at radius 1 is 0.348 bits per heavy atom. The molecule has 0 bridgehead atoms. The second-order valence-corrected chi connectivity index (χ2v) is 26.2. The number of nitrogens with zero attached hydrogens (tertiary/aromatic N) is 1. The molecule has 0 aromatic heterocycles. The van der Waals surface area contributed by atoms with Crippen LogP contribution in [0.2, 0.25) is 0 Å². The maximum atomic E-state index is 12.9. The van der Waals surface area contributed by atoms with E-state index in [1.165, 1.54) is 231 Å². The maximum Gasteiger partial charge on any atom is 0.306 e. The van der Waals surface area contributed by atoms with Crippen molar-refractivity contribution in [2.24, 2.45) is 0 Å². The summed E-state index contributed by atoms with van der Waals surface area (Å²) < 4.78 is 22.7. The largest absolute Gasteiger partial charge is 0.545 e. The van der Waals surface area contributed by atoms with Crippen molar-refractivity contribution in [3.63, 3.8) is 0 Å². The third-order valence-corrected chi connectivity index (χ3v) is 16.3. The summed E-state index contributed by atoms with van der Waals surface area (Å²) in [6.45, 7) is 4.59. The number of quaternary nitrogens is 1. The molecule has 0 aliphatic carbocycles. The molecule has 9 heteroatoms. The fourth-order valence-electron chi connectivity index (χ4n) is 10.6. The van der Waals surface area contributed by atoms with Crippen molar-refractivity contribution in [3.8, 4) is 0 Å². The Labute approximate surface area is 550 Å². The Morgan fingerprint density at radius 2 is 0.652 bits per heavy atom. The van der Waals surface area contributed by atoms with Crippen molar-refractivity contribution in [1.82, 2.24) is 0 Å². The van der Waals surface area contributed by atoms with Crippen LogP contribution in [0.5, 0.6) is 0 Å². The molecule has 0 aromatic carbocycles. The van der Waals surface area contributed by atoms with Gasteiger partial charge in [0.05, 0.1) is 40.3 Å². The van der Waals surface area contributed by atoms with Gasteiger partial charge in [0, 0.05) is 12.8 Å². The highest BCUT2D eigenvalue weighted by atomic mass is 16.7. The molecule has 2 unspecified atom stereocenters. The summed E-state index contributed by atoms with van der Waals surface area (Å²) in [5.74, 6) is -2.36. The van der Waals surface area contributed by atoms with Gasteiger partial charge in [0.25, 0.3) is 0 Å². The number of carboxylic acids is 1. The summed E-state index contributed by atoms with van der Waals surface area (Å²) in [5.41, 5.74) is 0. The van der Waals surface area contributed by atoms with Crippen molar-refractivity contribution >= 4 is 17.9 Å². The van der Waals surface area contributed by atoms with Crippen LogP contribution in [0.1, 0.15) is 335 Å². The van der Waals surface area contributed by atoms with E-state index >= 15 is 0 Å². The van der Waals surface area contributed by atoms with Gasteiger partial charge in [0.15, 0.2) is 12.4 Å². The predicted octanol–water partition coefficient (Wildman–Crippen LogP) is 22.3. The van der Waals surface area contributed by atoms with Crippen LogP contribution in [0, 0.1) is 0 Å². The van der Waals surface area contributed by atoms with Crippen molar-refractivity contribution in [3.05, 3.63) is 97.2 Å². The monoisotopic (exact) mass is 1240 g/mol. The molecule has 0 saturated heterocycles. The quantitative estimate of drug-likeness (QED) is 0.0195. The summed E-state index contributed by atoms with van der Waals surface area (Å²) in [7, 11) is 5.91. The Morgan fingerprint density at radius 3 is 1.00 bits per heavy atom. The molecule has 0 rings (SSSR count). The molecular weight excluding hydrogens is 1100 g/mol. The first kappa shape index (κ1) is 85.2. The molecule has 0 N–H and O–H groups in total.